The molecule has 5 nitrogen and oxygen atoms in total. The van der Waals surface area contributed by atoms with Crippen LogP contribution in [0.1, 0.15) is 22.7 Å². The summed E-state index contributed by atoms with van der Waals surface area (Å²) in [7, 11) is 0. The van der Waals surface area contributed by atoms with Crippen molar-refractivity contribution in [2.75, 3.05) is 0 Å². The molecule has 1 atom stereocenters. The van der Waals surface area contributed by atoms with Crippen LogP contribution in [0.5, 0.6) is 0 Å². The van der Waals surface area contributed by atoms with Crippen molar-refractivity contribution < 1.29 is 32.3 Å². The van der Waals surface area contributed by atoms with Crippen molar-refractivity contribution in [2.24, 2.45) is 0 Å². The predicted octanol–water partition coefficient (Wildman–Crippen LogP) is 1.72. The van der Waals surface area contributed by atoms with Crippen molar-refractivity contribution in [1.82, 2.24) is 5.32 Å². The van der Waals surface area contributed by atoms with Gasteiger partial charge >= 0.3 is 12.1 Å². The number of nitrogens with one attached hydrogen (secondary N) is 1. The fraction of sp³-hybridized carbons (Fsp3) is 0.400. The number of hydrogen-bond donors (Lipinski definition) is 2. The molecule has 8 heteroatoms. The van der Waals surface area contributed by atoms with E-state index in [0.29, 0.717) is 5.76 Å². The van der Waals surface area contributed by atoms with Crippen molar-refractivity contribution in [3.8, 4) is 0 Å². The van der Waals surface area contributed by atoms with Crippen molar-refractivity contribution in [3.05, 3.63) is 23.7 Å². The Bertz CT molecular complexity index is 452. The number of aryl methyl sites for hydroxylation is 1. The molecule has 1 aromatic rings. The molecule has 0 spiro atoms. The van der Waals surface area contributed by atoms with Crippen LogP contribution in [-0.4, -0.2) is 29.2 Å². The summed E-state index contributed by atoms with van der Waals surface area (Å²) in [6.45, 7) is 1.54. The molecule has 100 valence electrons. The first kappa shape index (κ1) is 14.1. The van der Waals surface area contributed by atoms with Crippen LogP contribution < -0.4 is 5.32 Å². The van der Waals surface area contributed by atoms with Gasteiger partial charge in [0.2, 0.25) is 0 Å². The smallest absolute Gasteiger partial charge is 0.391 e. The van der Waals surface area contributed by atoms with Crippen LogP contribution in [0.25, 0.3) is 0 Å². The Kier molecular flexibility index (Phi) is 4.00. The maximum atomic E-state index is 12.1. The molecule has 0 saturated heterocycles. The Balaban J connectivity index is 2.73. The van der Waals surface area contributed by atoms with E-state index in [1.165, 1.54) is 12.1 Å². The highest BCUT2D eigenvalue weighted by Gasteiger charge is 2.36. The Morgan fingerprint density at radius 3 is 2.44 bits per heavy atom. The number of alkyl halides is 3. The van der Waals surface area contributed by atoms with Gasteiger partial charge in [-0.25, -0.2) is 4.79 Å². The first-order valence-corrected chi connectivity index (χ1v) is 4.86. The van der Waals surface area contributed by atoms with Crippen molar-refractivity contribution in [3.63, 3.8) is 0 Å². The van der Waals surface area contributed by atoms with Gasteiger partial charge in [0, 0.05) is 0 Å². The second-order valence-corrected chi connectivity index (χ2v) is 3.59. The van der Waals surface area contributed by atoms with E-state index in [1.54, 1.807) is 12.2 Å². The zero-order chi connectivity index (χ0) is 13.9. The zero-order valence-electron chi connectivity index (χ0n) is 9.25. The molecule has 1 aromatic heterocycles. The minimum absolute atomic E-state index is 0.235. The summed E-state index contributed by atoms with van der Waals surface area (Å²) in [4.78, 5) is 22.0. The van der Waals surface area contributed by atoms with E-state index >= 15 is 0 Å². The highest BCUT2D eigenvalue weighted by Crippen LogP contribution is 2.22. The SMILES string of the molecule is Cc1ccc(C(=O)NC(CC(F)(F)F)C(=O)O)o1. The molecule has 0 aliphatic rings. The predicted molar refractivity (Wildman–Crippen MR) is 53.0 cm³/mol. The number of carbonyl (C=O) groups excluding carboxylic acids is 1. The topological polar surface area (TPSA) is 79.5 Å². The van der Waals surface area contributed by atoms with Gasteiger partial charge in [0.1, 0.15) is 11.8 Å². The van der Waals surface area contributed by atoms with Crippen molar-refractivity contribution >= 4 is 11.9 Å². The largest absolute Gasteiger partial charge is 0.480 e. The number of aliphatic carboxylic acids is 1. The van der Waals surface area contributed by atoms with Crippen LogP contribution in [0.4, 0.5) is 13.2 Å². The fourth-order valence-electron chi connectivity index (χ4n) is 1.22. The second kappa shape index (κ2) is 5.11. The minimum atomic E-state index is -4.69. The summed E-state index contributed by atoms with van der Waals surface area (Å²) in [5.41, 5.74) is 0. The molecule has 0 aliphatic carbocycles. The highest BCUT2D eigenvalue weighted by molar-refractivity contribution is 5.94. The summed E-state index contributed by atoms with van der Waals surface area (Å²) in [5.74, 6) is -2.60. The monoisotopic (exact) mass is 265 g/mol. The molecular formula is C10H10F3NO4. The van der Waals surface area contributed by atoms with Crippen molar-refractivity contribution in [1.29, 1.82) is 0 Å². The Morgan fingerprint density at radius 1 is 1.44 bits per heavy atom. The average molecular weight is 265 g/mol. The molecule has 1 amide bonds. The minimum Gasteiger partial charge on any atom is -0.480 e. The average Bonchev–Trinajstić information content (AvgIpc) is 2.61. The van der Waals surface area contributed by atoms with E-state index in [2.05, 4.69) is 0 Å². The van der Waals surface area contributed by atoms with Crippen LogP contribution in [-0.2, 0) is 4.79 Å². The van der Waals surface area contributed by atoms with Crippen LogP contribution in [0.3, 0.4) is 0 Å². The van der Waals surface area contributed by atoms with E-state index in [4.69, 9.17) is 9.52 Å². The molecular weight excluding hydrogens is 255 g/mol. The first-order valence-electron chi connectivity index (χ1n) is 4.86. The lowest BCUT2D eigenvalue weighted by molar-refractivity contribution is -0.157. The van der Waals surface area contributed by atoms with Gasteiger partial charge in [-0.15, -0.1) is 0 Å². The number of halogens is 3. The maximum Gasteiger partial charge on any atom is 0.391 e. The van der Waals surface area contributed by atoms with E-state index in [0.717, 1.165) is 0 Å². The standard InChI is InChI=1S/C10H10F3NO4/c1-5-2-3-7(18-5)8(15)14-6(9(16)17)4-10(11,12)13/h2-3,6H,4H2,1H3,(H,14,15)(H,16,17). The molecule has 1 unspecified atom stereocenters. The third kappa shape index (κ3) is 4.11. The van der Waals surface area contributed by atoms with E-state index < -0.39 is 30.5 Å². The highest BCUT2D eigenvalue weighted by atomic mass is 19.4. The summed E-state index contributed by atoms with van der Waals surface area (Å²) in [6, 6.07) is 0.647. The van der Waals surface area contributed by atoms with E-state index in [9.17, 15) is 22.8 Å². The fourth-order valence-corrected chi connectivity index (χ4v) is 1.22. The first-order chi connectivity index (χ1) is 8.19. The zero-order valence-corrected chi connectivity index (χ0v) is 9.25. The third-order valence-corrected chi connectivity index (χ3v) is 2.00. The van der Waals surface area contributed by atoms with Gasteiger partial charge in [0.05, 0.1) is 6.42 Å². The molecule has 1 rings (SSSR count). The molecule has 0 aromatic carbocycles. The third-order valence-electron chi connectivity index (χ3n) is 2.00. The van der Waals surface area contributed by atoms with Gasteiger partial charge < -0.3 is 14.8 Å². The number of carboxylic acids is 1. The van der Waals surface area contributed by atoms with Crippen LogP contribution in [0.15, 0.2) is 16.5 Å². The quantitative estimate of drug-likeness (QED) is 0.868. The Hall–Kier alpha value is -1.99. The summed E-state index contributed by atoms with van der Waals surface area (Å²) >= 11 is 0. The van der Waals surface area contributed by atoms with Gasteiger partial charge in [0.15, 0.2) is 5.76 Å². The van der Waals surface area contributed by atoms with E-state index in [-0.39, 0.29) is 5.76 Å². The van der Waals surface area contributed by atoms with Gasteiger partial charge in [-0.1, -0.05) is 0 Å². The van der Waals surface area contributed by atoms with Gasteiger partial charge in [-0.05, 0) is 19.1 Å². The molecule has 0 radical (unpaired) electrons. The summed E-state index contributed by atoms with van der Waals surface area (Å²) in [5, 5.41) is 10.3. The maximum absolute atomic E-state index is 12.1. The van der Waals surface area contributed by atoms with Gasteiger partial charge in [-0.3, -0.25) is 4.79 Å². The molecule has 0 saturated carbocycles. The lowest BCUT2D eigenvalue weighted by atomic mass is 10.2. The summed E-state index contributed by atoms with van der Waals surface area (Å²) < 4.78 is 41.1. The molecule has 0 aliphatic heterocycles. The van der Waals surface area contributed by atoms with Crippen LogP contribution >= 0.6 is 0 Å². The van der Waals surface area contributed by atoms with Crippen LogP contribution in [0, 0.1) is 6.92 Å². The molecule has 2 N–H and O–H groups in total. The molecule has 0 fully saturated rings. The number of carbonyl (C=O) groups is 2. The number of carboxylic acid groups (broad SMARTS) is 1. The van der Waals surface area contributed by atoms with Gasteiger partial charge in [-0.2, -0.15) is 13.2 Å². The lowest BCUT2D eigenvalue weighted by Crippen LogP contribution is -2.43. The molecule has 18 heavy (non-hydrogen) atoms. The number of rotatable bonds is 4. The van der Waals surface area contributed by atoms with Crippen LogP contribution in [0.2, 0.25) is 0 Å². The lowest BCUT2D eigenvalue weighted by Gasteiger charge is -2.15. The number of hydrogen-bond acceptors (Lipinski definition) is 3. The number of amides is 1. The normalized spacial score (nSPS) is 13.1. The summed E-state index contributed by atoms with van der Waals surface area (Å²) in [6.07, 6.45) is -6.33. The van der Waals surface area contributed by atoms with Gasteiger partial charge in [0.25, 0.3) is 5.91 Å². The second-order valence-electron chi connectivity index (χ2n) is 3.59. The Labute approximate surface area is 99.6 Å². The molecule has 1 heterocycles. The number of furan rings is 1. The van der Waals surface area contributed by atoms with Crippen molar-refractivity contribution in [2.45, 2.75) is 25.6 Å². The Morgan fingerprint density at radius 2 is 2.06 bits per heavy atom. The van der Waals surface area contributed by atoms with E-state index in [1.807, 2.05) is 0 Å². The molecule has 0 bridgehead atoms.